The first-order chi connectivity index (χ1) is 12.0. The van der Waals surface area contributed by atoms with Crippen molar-refractivity contribution in [1.82, 2.24) is 4.31 Å². The SMILES string of the molecule is CC(=O)C1O[C@@H](CN(C(=O)OC(C)(C)C)S(=O)(=O)CCC(F)(F)F)C[C@H]1C. The lowest BCUT2D eigenvalue weighted by molar-refractivity contribution is -0.130. The molecule has 0 aromatic heterocycles. The zero-order valence-electron chi connectivity index (χ0n) is 16.0. The minimum absolute atomic E-state index is 0.203. The Kier molecular flexibility index (Phi) is 7.31. The summed E-state index contributed by atoms with van der Waals surface area (Å²) in [6, 6.07) is 0. The Hall–Kier alpha value is -1.36. The molecule has 27 heavy (non-hydrogen) atoms. The van der Waals surface area contributed by atoms with E-state index in [4.69, 9.17) is 9.47 Å². The van der Waals surface area contributed by atoms with Crippen molar-refractivity contribution in [2.24, 2.45) is 5.92 Å². The van der Waals surface area contributed by atoms with Crippen LogP contribution in [0.4, 0.5) is 18.0 Å². The molecule has 0 saturated carbocycles. The summed E-state index contributed by atoms with van der Waals surface area (Å²) in [5, 5.41) is 0. The lowest BCUT2D eigenvalue weighted by atomic mass is 9.99. The Morgan fingerprint density at radius 2 is 1.78 bits per heavy atom. The Morgan fingerprint density at radius 3 is 2.19 bits per heavy atom. The van der Waals surface area contributed by atoms with Crippen LogP contribution in [0.5, 0.6) is 0 Å². The summed E-state index contributed by atoms with van der Waals surface area (Å²) in [6.07, 6.45) is -8.81. The maximum atomic E-state index is 12.5. The smallest absolute Gasteiger partial charge is 0.424 e. The molecule has 0 spiro atoms. The normalized spacial score (nSPS) is 23.9. The highest BCUT2D eigenvalue weighted by Gasteiger charge is 2.41. The first-order valence-corrected chi connectivity index (χ1v) is 10.1. The summed E-state index contributed by atoms with van der Waals surface area (Å²) in [5.41, 5.74) is -1.04. The number of amides is 1. The molecular formula is C16H26F3NO6S. The van der Waals surface area contributed by atoms with Crippen molar-refractivity contribution < 1.29 is 40.7 Å². The van der Waals surface area contributed by atoms with E-state index in [0.717, 1.165) is 0 Å². The highest BCUT2D eigenvalue weighted by atomic mass is 32.2. The van der Waals surface area contributed by atoms with Gasteiger partial charge >= 0.3 is 12.3 Å². The number of Topliss-reactive ketones (excluding diaryl/α,β-unsaturated/α-hetero) is 1. The van der Waals surface area contributed by atoms with Crippen LogP contribution in [0.15, 0.2) is 0 Å². The molecule has 1 heterocycles. The summed E-state index contributed by atoms with van der Waals surface area (Å²) < 4.78 is 73.0. The first kappa shape index (κ1) is 23.7. The van der Waals surface area contributed by atoms with Gasteiger partial charge in [-0.2, -0.15) is 13.2 Å². The van der Waals surface area contributed by atoms with Crippen molar-refractivity contribution in [3.63, 3.8) is 0 Å². The number of hydrogen-bond donors (Lipinski definition) is 0. The van der Waals surface area contributed by atoms with Crippen molar-refractivity contribution in [1.29, 1.82) is 0 Å². The number of sulfonamides is 1. The molecule has 7 nitrogen and oxygen atoms in total. The number of halogens is 3. The summed E-state index contributed by atoms with van der Waals surface area (Å²) in [4.78, 5) is 23.9. The van der Waals surface area contributed by atoms with Gasteiger partial charge in [0.2, 0.25) is 10.0 Å². The van der Waals surface area contributed by atoms with Crippen LogP contribution in [0.1, 0.15) is 47.5 Å². The number of rotatable bonds is 6. The fourth-order valence-electron chi connectivity index (χ4n) is 2.70. The first-order valence-electron chi connectivity index (χ1n) is 8.48. The maximum Gasteiger partial charge on any atom is 0.424 e. The van der Waals surface area contributed by atoms with Gasteiger partial charge in [-0.3, -0.25) is 4.79 Å². The third-order valence-electron chi connectivity index (χ3n) is 3.84. The minimum Gasteiger partial charge on any atom is -0.443 e. The molecule has 11 heteroatoms. The van der Waals surface area contributed by atoms with Crippen LogP contribution in [0.25, 0.3) is 0 Å². The molecule has 1 rings (SSSR count). The summed E-state index contributed by atoms with van der Waals surface area (Å²) >= 11 is 0. The number of alkyl halides is 3. The molecule has 1 aliphatic rings. The topological polar surface area (TPSA) is 90.0 Å². The van der Waals surface area contributed by atoms with E-state index in [1.807, 2.05) is 0 Å². The van der Waals surface area contributed by atoms with Crippen LogP contribution >= 0.6 is 0 Å². The van der Waals surface area contributed by atoms with E-state index in [1.54, 1.807) is 6.92 Å². The van der Waals surface area contributed by atoms with Gasteiger partial charge in [0.05, 0.1) is 24.8 Å². The quantitative estimate of drug-likeness (QED) is 0.660. The number of hydrogen-bond acceptors (Lipinski definition) is 6. The number of ketones is 1. The van der Waals surface area contributed by atoms with Crippen LogP contribution in [-0.2, 0) is 24.3 Å². The predicted molar refractivity (Wildman–Crippen MR) is 90.5 cm³/mol. The van der Waals surface area contributed by atoms with Crippen molar-refractivity contribution in [3.8, 4) is 0 Å². The van der Waals surface area contributed by atoms with Crippen molar-refractivity contribution in [3.05, 3.63) is 0 Å². The van der Waals surface area contributed by atoms with Gasteiger partial charge in [0.25, 0.3) is 0 Å². The molecule has 0 aliphatic carbocycles. The van der Waals surface area contributed by atoms with E-state index in [9.17, 15) is 31.2 Å². The van der Waals surface area contributed by atoms with Crippen LogP contribution in [-0.4, -0.2) is 60.9 Å². The van der Waals surface area contributed by atoms with Crippen LogP contribution in [0.3, 0.4) is 0 Å². The van der Waals surface area contributed by atoms with Gasteiger partial charge in [0.1, 0.15) is 11.7 Å². The molecule has 0 bridgehead atoms. The molecule has 1 aliphatic heterocycles. The van der Waals surface area contributed by atoms with E-state index < -0.39 is 58.8 Å². The minimum atomic E-state index is -4.69. The average molecular weight is 417 g/mol. The standard InChI is InChI=1S/C16H26F3NO6S/c1-10-8-12(25-13(10)11(2)21)9-20(14(22)26-15(3,4)5)27(23,24)7-6-16(17,18)19/h10,12-13H,6-9H2,1-5H3/t10-,12-,13?/m1/s1. The van der Waals surface area contributed by atoms with Gasteiger partial charge < -0.3 is 9.47 Å². The van der Waals surface area contributed by atoms with E-state index >= 15 is 0 Å². The van der Waals surface area contributed by atoms with Crippen molar-refractivity contribution in [2.75, 3.05) is 12.3 Å². The largest absolute Gasteiger partial charge is 0.443 e. The summed E-state index contributed by atoms with van der Waals surface area (Å²) in [5.74, 6) is -1.73. The van der Waals surface area contributed by atoms with Gasteiger partial charge in [-0.15, -0.1) is 0 Å². The molecule has 1 amide bonds. The summed E-state index contributed by atoms with van der Waals surface area (Å²) in [7, 11) is -4.60. The van der Waals surface area contributed by atoms with Gasteiger partial charge in [0, 0.05) is 0 Å². The summed E-state index contributed by atoms with van der Waals surface area (Å²) in [6.45, 7) is 7.07. The van der Waals surface area contributed by atoms with Gasteiger partial charge in [-0.25, -0.2) is 17.5 Å². The number of nitrogens with zero attached hydrogens (tertiary/aromatic N) is 1. The number of ether oxygens (including phenoxy) is 2. The molecule has 1 unspecified atom stereocenters. The van der Waals surface area contributed by atoms with Crippen molar-refractivity contribution in [2.45, 2.75) is 71.4 Å². The van der Waals surface area contributed by atoms with Crippen LogP contribution < -0.4 is 0 Å². The molecule has 0 radical (unpaired) electrons. The van der Waals surface area contributed by atoms with E-state index in [2.05, 4.69) is 0 Å². The Balaban J connectivity index is 3.01. The van der Waals surface area contributed by atoms with E-state index in [0.29, 0.717) is 6.42 Å². The average Bonchev–Trinajstić information content (AvgIpc) is 2.81. The Bertz CT molecular complexity index is 656. The monoisotopic (exact) mass is 417 g/mol. The Labute approximate surface area is 157 Å². The fourth-order valence-corrected chi connectivity index (χ4v) is 4.07. The van der Waals surface area contributed by atoms with Crippen molar-refractivity contribution >= 4 is 21.9 Å². The maximum absolute atomic E-state index is 12.5. The molecule has 158 valence electrons. The molecular weight excluding hydrogens is 391 g/mol. The third kappa shape index (κ3) is 7.65. The number of carbonyl (C=O) groups excluding carboxylic acids is 2. The van der Waals surface area contributed by atoms with E-state index in [1.165, 1.54) is 27.7 Å². The second-order valence-electron chi connectivity index (χ2n) is 7.69. The molecule has 0 N–H and O–H groups in total. The lowest BCUT2D eigenvalue weighted by Crippen LogP contribution is -2.46. The molecule has 3 atom stereocenters. The van der Waals surface area contributed by atoms with Gasteiger partial charge in [0.15, 0.2) is 5.78 Å². The second kappa shape index (κ2) is 8.34. The highest BCUT2D eigenvalue weighted by Crippen LogP contribution is 2.29. The fraction of sp³-hybridized carbons (Fsp3) is 0.875. The van der Waals surface area contributed by atoms with E-state index in [-0.39, 0.29) is 16.0 Å². The second-order valence-corrected chi connectivity index (χ2v) is 9.71. The zero-order chi connectivity index (χ0) is 21.2. The molecule has 0 aromatic rings. The highest BCUT2D eigenvalue weighted by molar-refractivity contribution is 7.89. The molecule has 1 saturated heterocycles. The van der Waals surface area contributed by atoms with Gasteiger partial charge in [-0.05, 0) is 40.0 Å². The zero-order valence-corrected chi connectivity index (χ0v) is 16.8. The third-order valence-corrected chi connectivity index (χ3v) is 5.53. The van der Waals surface area contributed by atoms with Crippen LogP contribution in [0, 0.1) is 5.92 Å². The Morgan fingerprint density at radius 1 is 1.22 bits per heavy atom. The van der Waals surface area contributed by atoms with Crippen LogP contribution in [0.2, 0.25) is 0 Å². The van der Waals surface area contributed by atoms with Gasteiger partial charge in [-0.1, -0.05) is 6.92 Å². The predicted octanol–water partition coefficient (Wildman–Crippen LogP) is 2.89. The molecule has 0 aromatic carbocycles. The lowest BCUT2D eigenvalue weighted by Gasteiger charge is -2.28. The molecule has 1 fully saturated rings. The number of carbonyl (C=O) groups is 2.